The van der Waals surface area contributed by atoms with E-state index in [9.17, 15) is 9.90 Å². The van der Waals surface area contributed by atoms with Gasteiger partial charge in [-0.1, -0.05) is 44.2 Å². The molecule has 0 radical (unpaired) electrons. The number of anilines is 1. The van der Waals surface area contributed by atoms with Gasteiger partial charge in [0.15, 0.2) is 17.3 Å². The zero-order valence-electron chi connectivity index (χ0n) is 19.1. The molecular weight excluding hydrogens is 416 g/mol. The highest BCUT2D eigenvalue weighted by Gasteiger charge is 2.39. The standard InChI is InChI=1S/C26H28N4O3/c1-4-33-23-13-18(9-10-21(23)31)25-24-20(29-26-27-14-28-30(25)26)11-19(12-22(24)32)17-7-5-16(6-8-17)15(2)3/h5-10,13-15,19,25,31H,4,11-12H2,1-3H3,(H,27,28,29)/t19-,25-/m1/s1. The molecule has 2 aromatic carbocycles. The van der Waals surface area contributed by atoms with Crippen molar-refractivity contribution in [3.8, 4) is 11.5 Å². The Morgan fingerprint density at radius 3 is 2.64 bits per heavy atom. The number of hydrogen-bond donors (Lipinski definition) is 2. The summed E-state index contributed by atoms with van der Waals surface area (Å²) in [7, 11) is 0. The number of ether oxygens (including phenoxy) is 1. The fraction of sp³-hybridized carbons (Fsp3) is 0.346. The van der Waals surface area contributed by atoms with E-state index >= 15 is 0 Å². The Labute approximate surface area is 193 Å². The summed E-state index contributed by atoms with van der Waals surface area (Å²) in [5.41, 5.74) is 4.89. The zero-order chi connectivity index (χ0) is 23.1. The van der Waals surface area contributed by atoms with Crippen molar-refractivity contribution in [2.24, 2.45) is 0 Å². The minimum Gasteiger partial charge on any atom is -0.504 e. The monoisotopic (exact) mass is 444 g/mol. The molecule has 0 bridgehead atoms. The fourth-order valence-corrected chi connectivity index (χ4v) is 4.82. The third-order valence-electron chi connectivity index (χ3n) is 6.54. The summed E-state index contributed by atoms with van der Waals surface area (Å²) in [6, 6.07) is 13.4. The number of carbonyl (C=O) groups is 1. The molecule has 0 saturated carbocycles. The average Bonchev–Trinajstić information content (AvgIpc) is 3.27. The van der Waals surface area contributed by atoms with E-state index < -0.39 is 6.04 Å². The van der Waals surface area contributed by atoms with Crippen LogP contribution in [0, 0.1) is 0 Å². The van der Waals surface area contributed by atoms with Crippen LogP contribution in [0.3, 0.4) is 0 Å². The summed E-state index contributed by atoms with van der Waals surface area (Å²) in [5.74, 6) is 1.75. The molecular formula is C26H28N4O3. The zero-order valence-corrected chi connectivity index (χ0v) is 19.1. The molecule has 33 heavy (non-hydrogen) atoms. The van der Waals surface area contributed by atoms with Gasteiger partial charge in [0, 0.05) is 17.7 Å². The van der Waals surface area contributed by atoms with Gasteiger partial charge in [0.25, 0.3) is 0 Å². The summed E-state index contributed by atoms with van der Waals surface area (Å²) in [5, 5.41) is 17.9. The molecule has 0 amide bonds. The van der Waals surface area contributed by atoms with Crippen molar-refractivity contribution < 1.29 is 14.6 Å². The Morgan fingerprint density at radius 2 is 1.91 bits per heavy atom. The van der Waals surface area contributed by atoms with E-state index in [1.807, 2.05) is 13.0 Å². The highest BCUT2D eigenvalue weighted by Crippen LogP contribution is 2.45. The highest BCUT2D eigenvalue weighted by molar-refractivity contribution is 6.00. The molecule has 2 N–H and O–H groups in total. The second-order valence-electron chi connectivity index (χ2n) is 8.96. The molecule has 2 atom stereocenters. The first-order chi connectivity index (χ1) is 16.0. The normalized spacial score (nSPS) is 19.8. The van der Waals surface area contributed by atoms with Crippen molar-refractivity contribution in [2.45, 2.75) is 51.5 Å². The molecule has 0 fully saturated rings. The molecule has 1 aliphatic heterocycles. The topological polar surface area (TPSA) is 89.3 Å². The van der Waals surface area contributed by atoms with Gasteiger partial charge in [0.05, 0.1) is 6.61 Å². The van der Waals surface area contributed by atoms with Crippen molar-refractivity contribution in [1.82, 2.24) is 14.8 Å². The molecule has 1 aliphatic carbocycles. The largest absolute Gasteiger partial charge is 0.504 e. The maximum absolute atomic E-state index is 13.5. The number of phenols is 1. The number of hydrogen-bond acceptors (Lipinski definition) is 6. The molecule has 3 aromatic rings. The number of aromatic nitrogens is 3. The second-order valence-corrected chi connectivity index (χ2v) is 8.96. The third-order valence-corrected chi connectivity index (χ3v) is 6.54. The van der Waals surface area contributed by atoms with Crippen LogP contribution in [0.5, 0.6) is 11.5 Å². The quantitative estimate of drug-likeness (QED) is 0.581. The van der Waals surface area contributed by atoms with E-state index in [4.69, 9.17) is 4.74 Å². The number of nitrogens with zero attached hydrogens (tertiary/aromatic N) is 3. The maximum Gasteiger partial charge on any atom is 0.226 e. The van der Waals surface area contributed by atoms with Crippen LogP contribution in [0.4, 0.5) is 5.95 Å². The molecule has 7 nitrogen and oxygen atoms in total. The molecule has 0 saturated heterocycles. The number of fused-ring (bicyclic) bond motifs is 1. The number of nitrogens with one attached hydrogen (secondary N) is 1. The van der Waals surface area contributed by atoms with E-state index in [-0.39, 0.29) is 17.5 Å². The van der Waals surface area contributed by atoms with Gasteiger partial charge in [-0.3, -0.25) is 4.79 Å². The SMILES string of the molecule is CCOc1cc([C@@H]2C3=C(C[C@@H](c4ccc(C(C)C)cc4)CC3=O)Nc3ncnn32)ccc1O. The number of ketones is 1. The summed E-state index contributed by atoms with van der Waals surface area (Å²) < 4.78 is 7.32. The van der Waals surface area contributed by atoms with Crippen LogP contribution in [-0.2, 0) is 4.79 Å². The molecule has 170 valence electrons. The van der Waals surface area contributed by atoms with Crippen molar-refractivity contribution in [1.29, 1.82) is 0 Å². The van der Waals surface area contributed by atoms with Gasteiger partial charge in [-0.25, -0.2) is 4.68 Å². The Kier molecular flexibility index (Phi) is 5.40. The number of rotatable bonds is 5. The molecule has 2 aliphatic rings. The second kappa shape index (κ2) is 8.39. The van der Waals surface area contributed by atoms with Gasteiger partial charge < -0.3 is 15.2 Å². The lowest BCUT2D eigenvalue weighted by atomic mass is 9.77. The number of allylic oxidation sites excluding steroid dienone is 2. The van der Waals surface area contributed by atoms with Gasteiger partial charge >= 0.3 is 0 Å². The number of benzene rings is 2. The minimum atomic E-state index is -0.421. The highest BCUT2D eigenvalue weighted by atomic mass is 16.5. The summed E-state index contributed by atoms with van der Waals surface area (Å²) in [4.78, 5) is 17.9. The maximum atomic E-state index is 13.5. The Hall–Kier alpha value is -3.61. The minimum absolute atomic E-state index is 0.0717. The van der Waals surface area contributed by atoms with Gasteiger partial charge in [0.1, 0.15) is 12.4 Å². The predicted molar refractivity (Wildman–Crippen MR) is 126 cm³/mol. The average molecular weight is 445 g/mol. The van der Waals surface area contributed by atoms with Gasteiger partial charge in [-0.15, -0.1) is 0 Å². The van der Waals surface area contributed by atoms with Crippen LogP contribution in [0.1, 0.15) is 68.2 Å². The van der Waals surface area contributed by atoms with Gasteiger partial charge in [0.2, 0.25) is 5.95 Å². The first kappa shape index (κ1) is 21.2. The molecule has 0 unspecified atom stereocenters. The van der Waals surface area contributed by atoms with Crippen LogP contribution >= 0.6 is 0 Å². The lowest BCUT2D eigenvalue weighted by Crippen LogP contribution is -2.33. The molecule has 5 rings (SSSR count). The molecule has 7 heteroatoms. The Bertz CT molecular complexity index is 1230. The van der Waals surface area contributed by atoms with E-state index in [2.05, 4.69) is 53.5 Å². The van der Waals surface area contributed by atoms with Gasteiger partial charge in [-0.05, 0) is 54.0 Å². The first-order valence-corrected chi connectivity index (χ1v) is 11.4. The van der Waals surface area contributed by atoms with Crippen molar-refractivity contribution in [3.63, 3.8) is 0 Å². The van der Waals surface area contributed by atoms with Crippen LogP contribution < -0.4 is 10.1 Å². The smallest absolute Gasteiger partial charge is 0.226 e. The Morgan fingerprint density at radius 1 is 1.15 bits per heavy atom. The third kappa shape index (κ3) is 3.77. The number of Topliss-reactive ketones (excluding diaryl/α,β-unsaturated/α-hetero) is 1. The van der Waals surface area contributed by atoms with E-state index in [1.54, 1.807) is 16.8 Å². The number of aromatic hydroxyl groups is 1. The van der Waals surface area contributed by atoms with E-state index in [1.165, 1.54) is 17.5 Å². The lowest BCUT2D eigenvalue weighted by molar-refractivity contribution is -0.116. The van der Waals surface area contributed by atoms with Crippen LogP contribution in [0.2, 0.25) is 0 Å². The number of carbonyl (C=O) groups excluding carboxylic acids is 1. The predicted octanol–water partition coefficient (Wildman–Crippen LogP) is 4.92. The van der Waals surface area contributed by atoms with Crippen molar-refractivity contribution in [3.05, 3.63) is 76.8 Å². The summed E-state index contributed by atoms with van der Waals surface area (Å²) >= 11 is 0. The van der Waals surface area contributed by atoms with Crippen LogP contribution in [0.15, 0.2) is 60.1 Å². The number of phenolic OH excluding ortho intramolecular Hbond substituents is 1. The van der Waals surface area contributed by atoms with E-state index in [0.717, 1.165) is 17.7 Å². The molecule has 0 spiro atoms. The van der Waals surface area contributed by atoms with Crippen LogP contribution in [0.25, 0.3) is 0 Å². The van der Waals surface area contributed by atoms with Crippen molar-refractivity contribution >= 4 is 11.7 Å². The lowest BCUT2D eigenvalue weighted by Gasteiger charge is -2.35. The van der Waals surface area contributed by atoms with Crippen LogP contribution in [-0.4, -0.2) is 32.3 Å². The van der Waals surface area contributed by atoms with Gasteiger partial charge in [-0.2, -0.15) is 10.1 Å². The fourth-order valence-electron chi connectivity index (χ4n) is 4.82. The summed E-state index contributed by atoms with van der Waals surface area (Å²) in [6.45, 7) is 6.66. The van der Waals surface area contributed by atoms with E-state index in [0.29, 0.717) is 36.2 Å². The Balaban J connectivity index is 1.54. The summed E-state index contributed by atoms with van der Waals surface area (Å²) in [6.07, 6.45) is 2.66. The van der Waals surface area contributed by atoms with Crippen molar-refractivity contribution in [2.75, 3.05) is 11.9 Å². The first-order valence-electron chi connectivity index (χ1n) is 11.4. The molecule has 2 heterocycles. The molecule has 1 aromatic heterocycles.